The number of alkyl halides is 3. The van der Waals surface area contributed by atoms with Crippen LogP contribution in [0.1, 0.15) is 29.7 Å². The van der Waals surface area contributed by atoms with Crippen LogP contribution in [-0.2, 0) is 24.0 Å². The van der Waals surface area contributed by atoms with Gasteiger partial charge in [0.25, 0.3) is 0 Å². The maximum Gasteiger partial charge on any atom is 0.417 e. The van der Waals surface area contributed by atoms with Gasteiger partial charge < -0.3 is 18.6 Å². The summed E-state index contributed by atoms with van der Waals surface area (Å²) in [7, 11) is 0. The van der Waals surface area contributed by atoms with E-state index in [2.05, 4.69) is 9.88 Å². The fraction of sp³-hybridized carbons (Fsp3) is 0.400. The second-order valence-corrected chi connectivity index (χ2v) is 9.01. The van der Waals surface area contributed by atoms with E-state index < -0.39 is 11.7 Å². The van der Waals surface area contributed by atoms with Crippen molar-refractivity contribution in [3.63, 3.8) is 0 Å². The average Bonchev–Trinajstić information content (AvgIpc) is 3.48. The quantitative estimate of drug-likeness (QED) is 0.409. The maximum atomic E-state index is 13.1. The first-order valence-corrected chi connectivity index (χ1v) is 11.8. The molecule has 35 heavy (non-hydrogen) atoms. The van der Waals surface area contributed by atoms with Crippen LogP contribution in [0.15, 0.2) is 47.2 Å². The fourth-order valence-corrected chi connectivity index (χ4v) is 4.58. The Morgan fingerprint density at radius 2 is 2.09 bits per heavy atom. The summed E-state index contributed by atoms with van der Waals surface area (Å²) in [5.41, 5.74) is 0.718. The zero-order chi connectivity index (χ0) is 24.4. The summed E-state index contributed by atoms with van der Waals surface area (Å²) >= 11 is 6.26. The number of hydrogen-bond acceptors (Lipinski definition) is 6. The highest BCUT2D eigenvalue weighted by atomic mass is 35.5. The van der Waals surface area contributed by atoms with E-state index in [1.165, 1.54) is 0 Å². The second-order valence-electron chi connectivity index (χ2n) is 8.60. The number of pyridine rings is 1. The molecule has 0 saturated carbocycles. The molecule has 0 radical (unpaired) electrons. The zero-order valence-electron chi connectivity index (χ0n) is 18.8. The Hall–Kier alpha value is -2.75. The molecule has 1 fully saturated rings. The van der Waals surface area contributed by atoms with Crippen LogP contribution in [0, 0.1) is 0 Å². The number of ether oxygens (including phenoxy) is 3. The van der Waals surface area contributed by atoms with E-state index in [4.69, 9.17) is 30.2 Å². The lowest BCUT2D eigenvalue weighted by molar-refractivity contribution is -0.137. The van der Waals surface area contributed by atoms with Gasteiger partial charge in [0.15, 0.2) is 11.5 Å². The van der Waals surface area contributed by atoms with Gasteiger partial charge in [-0.3, -0.25) is 9.88 Å². The minimum absolute atomic E-state index is 0.0108. The molecule has 2 aliphatic heterocycles. The Kier molecular flexibility index (Phi) is 6.91. The lowest BCUT2D eigenvalue weighted by Crippen LogP contribution is -2.25. The third-order valence-corrected chi connectivity index (χ3v) is 6.32. The summed E-state index contributed by atoms with van der Waals surface area (Å²) in [6.07, 6.45) is -0.228. The molecule has 1 atom stereocenters. The predicted octanol–water partition coefficient (Wildman–Crippen LogP) is 5.97. The predicted molar refractivity (Wildman–Crippen MR) is 122 cm³/mol. The SMILES string of the molecule is FC(F)(F)c1cnc(-c2cc3c(c(OC[C@@H]4CCCO4)c2)OCCN(Cc2ccco2)C3)c(Cl)c1. The van der Waals surface area contributed by atoms with Gasteiger partial charge >= 0.3 is 6.18 Å². The Labute approximate surface area is 205 Å². The van der Waals surface area contributed by atoms with Crippen LogP contribution in [0.3, 0.4) is 0 Å². The number of rotatable bonds is 6. The molecule has 5 rings (SSSR count). The van der Waals surface area contributed by atoms with Gasteiger partial charge in [-0.25, -0.2) is 0 Å². The highest BCUT2D eigenvalue weighted by molar-refractivity contribution is 6.33. The van der Waals surface area contributed by atoms with Crippen molar-refractivity contribution in [3.05, 3.63) is 64.7 Å². The van der Waals surface area contributed by atoms with Gasteiger partial charge in [-0.1, -0.05) is 11.6 Å². The fourth-order valence-electron chi connectivity index (χ4n) is 4.30. The molecule has 0 N–H and O–H groups in total. The molecule has 0 bridgehead atoms. The van der Waals surface area contributed by atoms with Gasteiger partial charge in [-0.15, -0.1) is 0 Å². The Bertz CT molecular complexity index is 1160. The minimum Gasteiger partial charge on any atom is -0.488 e. The van der Waals surface area contributed by atoms with E-state index in [0.717, 1.165) is 36.4 Å². The molecule has 3 aromatic rings. The summed E-state index contributed by atoms with van der Waals surface area (Å²) < 4.78 is 62.7. The van der Waals surface area contributed by atoms with Gasteiger partial charge in [0.1, 0.15) is 19.0 Å². The Morgan fingerprint density at radius 3 is 2.80 bits per heavy atom. The van der Waals surface area contributed by atoms with Gasteiger partial charge in [-0.2, -0.15) is 13.2 Å². The third-order valence-electron chi connectivity index (χ3n) is 6.03. The topological polar surface area (TPSA) is 57.0 Å². The van der Waals surface area contributed by atoms with Gasteiger partial charge in [0.05, 0.1) is 35.2 Å². The molecular weight excluding hydrogens is 485 g/mol. The summed E-state index contributed by atoms with van der Waals surface area (Å²) in [5.74, 6) is 1.93. The molecule has 4 heterocycles. The van der Waals surface area contributed by atoms with E-state index in [1.807, 2.05) is 18.2 Å². The van der Waals surface area contributed by atoms with E-state index in [0.29, 0.717) is 56.5 Å². The summed E-state index contributed by atoms with van der Waals surface area (Å²) in [6.45, 7) is 3.28. The number of furan rings is 1. The van der Waals surface area contributed by atoms with Crippen molar-refractivity contribution in [3.8, 4) is 22.8 Å². The molecule has 0 aliphatic carbocycles. The van der Waals surface area contributed by atoms with Gasteiger partial charge in [-0.05, 0) is 43.2 Å². The van der Waals surface area contributed by atoms with Crippen molar-refractivity contribution in [2.24, 2.45) is 0 Å². The van der Waals surface area contributed by atoms with Crippen molar-refractivity contribution in [2.75, 3.05) is 26.4 Å². The lowest BCUT2D eigenvalue weighted by atomic mass is 10.0. The van der Waals surface area contributed by atoms with Crippen LogP contribution in [0.4, 0.5) is 13.2 Å². The van der Waals surface area contributed by atoms with Crippen molar-refractivity contribution in [1.29, 1.82) is 0 Å². The highest BCUT2D eigenvalue weighted by Crippen LogP contribution is 2.41. The molecule has 2 aliphatic rings. The number of nitrogens with zero attached hydrogens (tertiary/aromatic N) is 2. The van der Waals surface area contributed by atoms with E-state index >= 15 is 0 Å². The maximum absolute atomic E-state index is 13.1. The smallest absolute Gasteiger partial charge is 0.417 e. The highest BCUT2D eigenvalue weighted by Gasteiger charge is 2.32. The molecule has 0 amide bonds. The van der Waals surface area contributed by atoms with Crippen molar-refractivity contribution >= 4 is 11.6 Å². The second kappa shape index (κ2) is 10.1. The van der Waals surface area contributed by atoms with Crippen LogP contribution in [0.5, 0.6) is 11.5 Å². The van der Waals surface area contributed by atoms with Crippen molar-refractivity contribution in [2.45, 2.75) is 38.2 Å². The van der Waals surface area contributed by atoms with Crippen LogP contribution < -0.4 is 9.47 Å². The first kappa shape index (κ1) is 24.0. The molecule has 0 unspecified atom stereocenters. The number of fused-ring (bicyclic) bond motifs is 1. The molecule has 2 aromatic heterocycles. The average molecular weight is 509 g/mol. The first-order valence-electron chi connectivity index (χ1n) is 11.4. The zero-order valence-corrected chi connectivity index (χ0v) is 19.6. The molecular formula is C25H24ClF3N2O4. The number of hydrogen-bond donors (Lipinski definition) is 0. The van der Waals surface area contributed by atoms with E-state index in [-0.39, 0.29) is 16.8 Å². The summed E-state index contributed by atoms with van der Waals surface area (Å²) in [5, 5.41) is -0.0909. The molecule has 10 heteroatoms. The van der Waals surface area contributed by atoms with Gasteiger partial charge in [0.2, 0.25) is 0 Å². The van der Waals surface area contributed by atoms with Crippen LogP contribution in [0.2, 0.25) is 5.02 Å². The van der Waals surface area contributed by atoms with Crippen LogP contribution >= 0.6 is 11.6 Å². The normalized spacial score (nSPS) is 18.7. The minimum atomic E-state index is -4.53. The van der Waals surface area contributed by atoms with Crippen LogP contribution in [0.25, 0.3) is 11.3 Å². The summed E-state index contributed by atoms with van der Waals surface area (Å²) in [4.78, 5) is 6.21. The van der Waals surface area contributed by atoms with Gasteiger partial charge in [0, 0.05) is 37.0 Å². The molecule has 1 saturated heterocycles. The standard InChI is InChI=1S/C25H24ClF3N2O4/c26-21-11-18(25(27,28)29)12-30-23(21)16-9-17-13-31(14-19-3-1-6-32-19)5-8-34-24(17)22(10-16)35-15-20-4-2-7-33-20/h1,3,6,9-12,20H,2,4-5,7-8,13-15H2/t20-/m0/s1. The molecule has 6 nitrogen and oxygen atoms in total. The van der Waals surface area contributed by atoms with Crippen LogP contribution in [-0.4, -0.2) is 42.4 Å². The number of benzene rings is 1. The molecule has 1 aromatic carbocycles. The monoisotopic (exact) mass is 508 g/mol. The van der Waals surface area contributed by atoms with E-state index in [9.17, 15) is 13.2 Å². The van der Waals surface area contributed by atoms with Crippen molar-refractivity contribution < 1.29 is 31.8 Å². The molecule has 186 valence electrons. The van der Waals surface area contributed by atoms with Crippen molar-refractivity contribution in [1.82, 2.24) is 9.88 Å². The number of halogens is 4. The molecule has 0 spiro atoms. The Morgan fingerprint density at radius 1 is 1.20 bits per heavy atom. The summed E-state index contributed by atoms with van der Waals surface area (Å²) in [6, 6.07) is 8.20. The lowest BCUT2D eigenvalue weighted by Gasteiger charge is -2.20. The van der Waals surface area contributed by atoms with E-state index in [1.54, 1.807) is 12.3 Å². The largest absolute Gasteiger partial charge is 0.488 e. The Balaban J connectivity index is 1.49. The first-order chi connectivity index (χ1) is 16.9. The third kappa shape index (κ3) is 5.58. The number of aromatic nitrogens is 1.